The van der Waals surface area contributed by atoms with Gasteiger partial charge in [-0.15, -0.1) is 0 Å². The van der Waals surface area contributed by atoms with Gasteiger partial charge in [-0.1, -0.05) is 23.2 Å². The average Bonchev–Trinajstić information content (AvgIpc) is 1.61. The summed E-state index contributed by atoms with van der Waals surface area (Å²) in [5, 5.41) is 0. The maximum Gasteiger partial charge on any atom is 0.105 e. The molecule has 2 nitrogen and oxygen atoms in total. The van der Waals surface area contributed by atoms with Crippen molar-refractivity contribution >= 4 is 23.2 Å². The summed E-state index contributed by atoms with van der Waals surface area (Å²) in [5.41, 5.74) is 0. The number of hydrogen-bond donors (Lipinski definition) is 1. The fourth-order valence-electron chi connectivity index (χ4n) is 0.111. The second kappa shape index (κ2) is 4.40. The van der Waals surface area contributed by atoms with Gasteiger partial charge in [0.05, 0.1) is 6.61 Å². The minimum atomic E-state index is 0.172. The van der Waals surface area contributed by atoms with Crippen molar-refractivity contribution in [3.63, 3.8) is 0 Å². The first-order chi connectivity index (χ1) is 3.27. The molecular weight excluding hydrogens is 137 g/mol. The normalized spacial score (nSPS) is 8.43. The number of nitrogens with two attached hydrogens (primary N) is 1. The molecule has 0 spiro atoms. The second-order valence-electron chi connectivity index (χ2n) is 0.827. The maximum absolute atomic E-state index is 5.15. The second-order valence-corrected chi connectivity index (χ2v) is 1.83. The van der Waals surface area contributed by atoms with Crippen LogP contribution in [0.25, 0.3) is 0 Å². The Hall–Kier alpha value is 0.240. The Morgan fingerprint density at radius 2 is 2.29 bits per heavy atom. The molecule has 0 aromatic heterocycles. The number of hydrogen-bond acceptors (Lipinski definition) is 2. The Morgan fingerprint density at radius 1 is 1.71 bits per heavy atom. The van der Waals surface area contributed by atoms with Crippen molar-refractivity contribution in [3.05, 3.63) is 10.6 Å². The highest BCUT2D eigenvalue weighted by atomic mass is 35.5. The van der Waals surface area contributed by atoms with Crippen LogP contribution in [-0.2, 0) is 4.84 Å². The first kappa shape index (κ1) is 7.24. The first-order valence-electron chi connectivity index (χ1n) is 1.60. The maximum atomic E-state index is 5.15. The van der Waals surface area contributed by atoms with E-state index in [0.717, 1.165) is 0 Å². The predicted octanol–water partition coefficient (Wildman–Crippen LogP) is 1.20. The molecule has 0 aromatic carbocycles. The molecule has 0 aliphatic carbocycles. The molecule has 0 unspecified atom stereocenters. The SMILES string of the molecule is NOCC=C(Cl)Cl. The molecule has 0 heterocycles. The Morgan fingerprint density at radius 3 is 2.43 bits per heavy atom. The lowest BCUT2D eigenvalue weighted by atomic mass is 10.7. The van der Waals surface area contributed by atoms with E-state index in [1.54, 1.807) is 0 Å². The third-order valence-electron chi connectivity index (χ3n) is 0.334. The summed E-state index contributed by atoms with van der Waals surface area (Å²) in [5.74, 6) is 4.61. The van der Waals surface area contributed by atoms with Crippen LogP contribution < -0.4 is 5.90 Å². The van der Waals surface area contributed by atoms with E-state index < -0.39 is 0 Å². The van der Waals surface area contributed by atoms with Gasteiger partial charge in [0.2, 0.25) is 0 Å². The van der Waals surface area contributed by atoms with E-state index in [9.17, 15) is 0 Å². The smallest absolute Gasteiger partial charge is 0.105 e. The minimum Gasteiger partial charge on any atom is -0.300 e. The summed E-state index contributed by atoms with van der Waals surface area (Å²) >= 11 is 10.3. The molecule has 0 aliphatic heterocycles. The van der Waals surface area contributed by atoms with Crippen LogP contribution in [0.5, 0.6) is 0 Å². The number of halogens is 2. The van der Waals surface area contributed by atoms with Crippen LogP contribution in [0.3, 0.4) is 0 Å². The van der Waals surface area contributed by atoms with Gasteiger partial charge in [-0.2, -0.15) is 0 Å². The van der Waals surface area contributed by atoms with Crippen LogP contribution in [0.4, 0.5) is 0 Å². The van der Waals surface area contributed by atoms with E-state index in [1.165, 1.54) is 6.08 Å². The zero-order valence-corrected chi connectivity index (χ0v) is 5.04. The van der Waals surface area contributed by atoms with E-state index in [0.29, 0.717) is 0 Å². The molecule has 0 saturated heterocycles. The monoisotopic (exact) mass is 141 g/mol. The molecule has 0 radical (unpaired) electrons. The lowest BCUT2D eigenvalue weighted by Crippen LogP contribution is -1.96. The van der Waals surface area contributed by atoms with Crippen LogP contribution in [0.1, 0.15) is 0 Å². The highest BCUT2D eigenvalue weighted by molar-refractivity contribution is 6.55. The molecular formula is C3H5Cl2NO. The molecule has 0 rings (SSSR count). The quantitative estimate of drug-likeness (QED) is 0.587. The van der Waals surface area contributed by atoms with Crippen LogP contribution in [0.15, 0.2) is 10.6 Å². The Kier molecular flexibility index (Phi) is 4.55. The molecule has 4 heteroatoms. The van der Waals surface area contributed by atoms with Gasteiger partial charge >= 0.3 is 0 Å². The zero-order chi connectivity index (χ0) is 5.70. The summed E-state index contributed by atoms with van der Waals surface area (Å²) < 4.78 is 0.172. The summed E-state index contributed by atoms with van der Waals surface area (Å²) in [6.45, 7) is 0.252. The molecule has 0 amide bonds. The molecule has 0 bridgehead atoms. The summed E-state index contributed by atoms with van der Waals surface area (Å²) in [4.78, 5) is 4.11. The molecule has 0 fully saturated rings. The predicted molar refractivity (Wildman–Crippen MR) is 29.9 cm³/mol. The van der Waals surface area contributed by atoms with Crippen LogP contribution in [0, 0.1) is 0 Å². The zero-order valence-electron chi connectivity index (χ0n) is 3.53. The van der Waals surface area contributed by atoms with E-state index in [1.807, 2.05) is 0 Å². The van der Waals surface area contributed by atoms with Crippen molar-refractivity contribution in [1.29, 1.82) is 0 Å². The van der Waals surface area contributed by atoms with Crippen molar-refractivity contribution in [1.82, 2.24) is 0 Å². The number of rotatable bonds is 2. The van der Waals surface area contributed by atoms with Crippen LogP contribution >= 0.6 is 23.2 Å². The van der Waals surface area contributed by atoms with Gasteiger partial charge in [0.1, 0.15) is 4.49 Å². The molecule has 0 atom stereocenters. The third kappa shape index (κ3) is 6.24. The molecule has 0 saturated carbocycles. The third-order valence-corrected chi connectivity index (χ3v) is 0.642. The molecule has 0 aliphatic rings. The summed E-state index contributed by atoms with van der Waals surface area (Å²) in [7, 11) is 0. The molecule has 0 aromatic rings. The fourth-order valence-corrected chi connectivity index (χ4v) is 0.237. The summed E-state index contributed by atoms with van der Waals surface area (Å²) in [6, 6.07) is 0. The van der Waals surface area contributed by atoms with E-state index in [-0.39, 0.29) is 11.1 Å². The van der Waals surface area contributed by atoms with Crippen molar-refractivity contribution in [2.75, 3.05) is 6.61 Å². The van der Waals surface area contributed by atoms with Gasteiger partial charge in [-0.3, -0.25) is 0 Å². The highest BCUT2D eigenvalue weighted by Gasteiger charge is 1.78. The van der Waals surface area contributed by atoms with Crippen molar-refractivity contribution in [2.24, 2.45) is 5.90 Å². The van der Waals surface area contributed by atoms with E-state index in [4.69, 9.17) is 23.2 Å². The molecule has 7 heavy (non-hydrogen) atoms. The minimum absolute atomic E-state index is 0.172. The van der Waals surface area contributed by atoms with Gasteiger partial charge in [0.25, 0.3) is 0 Å². The van der Waals surface area contributed by atoms with Gasteiger partial charge in [0, 0.05) is 0 Å². The standard InChI is InChI=1S/C3H5Cl2NO/c4-3(5)1-2-7-6/h1H,2,6H2. The van der Waals surface area contributed by atoms with Gasteiger partial charge in [0.15, 0.2) is 0 Å². The van der Waals surface area contributed by atoms with E-state index in [2.05, 4.69) is 10.7 Å². The van der Waals surface area contributed by atoms with Gasteiger partial charge in [-0.25, -0.2) is 5.90 Å². The van der Waals surface area contributed by atoms with Gasteiger partial charge < -0.3 is 4.84 Å². The average molecular weight is 142 g/mol. The topological polar surface area (TPSA) is 35.2 Å². The Bertz CT molecular complexity index is 69.3. The van der Waals surface area contributed by atoms with Crippen molar-refractivity contribution in [2.45, 2.75) is 0 Å². The molecule has 2 N–H and O–H groups in total. The molecule has 42 valence electrons. The van der Waals surface area contributed by atoms with Gasteiger partial charge in [-0.05, 0) is 6.08 Å². The van der Waals surface area contributed by atoms with Crippen LogP contribution in [-0.4, -0.2) is 6.61 Å². The largest absolute Gasteiger partial charge is 0.300 e. The van der Waals surface area contributed by atoms with Crippen molar-refractivity contribution in [3.8, 4) is 0 Å². The Labute approximate surface area is 51.8 Å². The van der Waals surface area contributed by atoms with E-state index >= 15 is 0 Å². The lowest BCUT2D eigenvalue weighted by molar-refractivity contribution is 0.168. The Balaban J connectivity index is 3.08. The van der Waals surface area contributed by atoms with Crippen molar-refractivity contribution < 1.29 is 4.84 Å². The fraction of sp³-hybridized carbons (Fsp3) is 0.333. The first-order valence-corrected chi connectivity index (χ1v) is 2.36. The summed E-state index contributed by atoms with van der Waals surface area (Å²) in [6.07, 6.45) is 1.45. The lowest BCUT2D eigenvalue weighted by Gasteiger charge is -1.84. The van der Waals surface area contributed by atoms with Crippen LogP contribution in [0.2, 0.25) is 0 Å². The highest BCUT2D eigenvalue weighted by Crippen LogP contribution is 2.04.